The molecule has 1 heterocycles. The van der Waals surface area contributed by atoms with Crippen LogP contribution in [-0.2, 0) is 14.8 Å². The van der Waals surface area contributed by atoms with E-state index in [2.05, 4.69) is 10.5 Å². The van der Waals surface area contributed by atoms with E-state index in [9.17, 15) is 13.2 Å². The van der Waals surface area contributed by atoms with E-state index in [1.165, 1.54) is 30.5 Å². The number of hydrogen-bond acceptors (Lipinski definition) is 6. The highest BCUT2D eigenvalue weighted by Gasteiger charge is 2.27. The normalized spacial score (nSPS) is 12.7. The first kappa shape index (κ1) is 21.7. The number of rotatable bonds is 7. The van der Waals surface area contributed by atoms with E-state index in [-0.39, 0.29) is 11.7 Å². The number of fused-ring (bicyclic) bond motifs is 1. The van der Waals surface area contributed by atoms with E-state index in [4.69, 9.17) is 21.1 Å². The quantitative estimate of drug-likeness (QED) is 0.420. The largest absolute Gasteiger partial charge is 0.454 e. The summed E-state index contributed by atoms with van der Waals surface area (Å²) in [6.07, 6.45) is 1.43. The third-order valence-corrected chi connectivity index (χ3v) is 6.57. The standard InChI is InChI=1S/C22H18ClN3O5S/c23-17-7-9-19(10-8-17)32(28,29)26(18-4-2-1-3-5-18)14-22(27)25-24-13-16-6-11-20-21(12-16)31-15-30-20/h1-13H,14-15H2,(H,25,27)/b24-13-. The molecule has 0 fully saturated rings. The molecule has 0 aromatic heterocycles. The maximum absolute atomic E-state index is 13.2. The van der Waals surface area contributed by atoms with Gasteiger partial charge >= 0.3 is 0 Å². The van der Waals surface area contributed by atoms with Crippen molar-refractivity contribution in [3.8, 4) is 11.5 Å². The molecule has 0 aliphatic carbocycles. The van der Waals surface area contributed by atoms with Crippen LogP contribution >= 0.6 is 11.6 Å². The van der Waals surface area contributed by atoms with Crippen molar-refractivity contribution in [2.24, 2.45) is 5.10 Å². The Labute approximate surface area is 190 Å². The van der Waals surface area contributed by atoms with Crippen molar-refractivity contribution in [1.29, 1.82) is 0 Å². The number of hydrazone groups is 1. The van der Waals surface area contributed by atoms with E-state index >= 15 is 0 Å². The third kappa shape index (κ3) is 4.84. The van der Waals surface area contributed by atoms with Gasteiger partial charge in [0.2, 0.25) is 6.79 Å². The van der Waals surface area contributed by atoms with Crippen LogP contribution in [0.5, 0.6) is 11.5 Å². The monoisotopic (exact) mass is 471 g/mol. The van der Waals surface area contributed by atoms with Gasteiger partial charge in [0.1, 0.15) is 6.54 Å². The zero-order valence-electron chi connectivity index (χ0n) is 16.6. The fourth-order valence-electron chi connectivity index (χ4n) is 2.98. The summed E-state index contributed by atoms with van der Waals surface area (Å²) in [6.45, 7) is -0.308. The molecule has 3 aromatic rings. The van der Waals surface area contributed by atoms with Crippen molar-refractivity contribution in [1.82, 2.24) is 5.43 Å². The first-order valence-corrected chi connectivity index (χ1v) is 11.3. The molecule has 0 saturated carbocycles. The van der Waals surface area contributed by atoms with Crippen molar-refractivity contribution in [2.75, 3.05) is 17.6 Å². The number of sulfonamides is 1. The van der Waals surface area contributed by atoms with Gasteiger partial charge in [-0.1, -0.05) is 29.8 Å². The number of benzene rings is 3. The van der Waals surface area contributed by atoms with Crippen molar-refractivity contribution in [3.05, 3.63) is 83.4 Å². The molecule has 32 heavy (non-hydrogen) atoms. The number of hydrogen-bond donors (Lipinski definition) is 1. The molecule has 1 amide bonds. The molecule has 3 aromatic carbocycles. The van der Waals surface area contributed by atoms with Crippen molar-refractivity contribution in [3.63, 3.8) is 0 Å². The van der Waals surface area contributed by atoms with Crippen LogP contribution in [-0.4, -0.2) is 33.9 Å². The molecule has 8 nitrogen and oxygen atoms in total. The van der Waals surface area contributed by atoms with E-state index < -0.39 is 22.5 Å². The minimum absolute atomic E-state index is 0.0161. The number of amides is 1. The van der Waals surface area contributed by atoms with Gasteiger partial charge in [-0.3, -0.25) is 9.10 Å². The average molecular weight is 472 g/mol. The molecular formula is C22H18ClN3O5S. The number of anilines is 1. The Kier molecular flexibility index (Phi) is 6.29. The second-order valence-electron chi connectivity index (χ2n) is 6.71. The Hall–Kier alpha value is -3.56. The van der Waals surface area contributed by atoms with E-state index in [1.807, 2.05) is 0 Å². The smallest absolute Gasteiger partial charge is 0.264 e. The number of ether oxygens (including phenoxy) is 2. The molecule has 0 bridgehead atoms. The summed E-state index contributed by atoms with van der Waals surface area (Å²) in [5, 5.41) is 4.33. The van der Waals surface area contributed by atoms with E-state index in [1.54, 1.807) is 48.5 Å². The molecule has 0 saturated heterocycles. The summed E-state index contributed by atoms with van der Waals surface area (Å²) >= 11 is 5.88. The van der Waals surface area contributed by atoms with E-state index in [0.29, 0.717) is 27.8 Å². The number of halogens is 1. The van der Waals surface area contributed by atoms with Crippen LogP contribution in [0.2, 0.25) is 5.02 Å². The summed E-state index contributed by atoms with van der Waals surface area (Å²) in [5.74, 6) is 0.616. The summed E-state index contributed by atoms with van der Waals surface area (Å²) < 4.78 is 38.0. The zero-order chi connectivity index (χ0) is 22.6. The molecule has 1 N–H and O–H groups in total. The number of carbonyl (C=O) groups is 1. The van der Waals surface area contributed by atoms with Gasteiger partial charge in [-0.15, -0.1) is 0 Å². The zero-order valence-corrected chi connectivity index (χ0v) is 18.2. The molecule has 4 rings (SSSR count). The van der Waals surface area contributed by atoms with Crippen LogP contribution in [0.15, 0.2) is 82.8 Å². The second-order valence-corrected chi connectivity index (χ2v) is 9.01. The van der Waals surface area contributed by atoms with Crippen LogP contribution in [0.1, 0.15) is 5.56 Å². The van der Waals surface area contributed by atoms with Crippen LogP contribution in [0, 0.1) is 0 Å². The lowest BCUT2D eigenvalue weighted by Crippen LogP contribution is -2.39. The van der Waals surface area contributed by atoms with Gasteiger partial charge in [-0.25, -0.2) is 13.8 Å². The van der Waals surface area contributed by atoms with E-state index in [0.717, 1.165) is 4.31 Å². The van der Waals surface area contributed by atoms with Crippen LogP contribution in [0.3, 0.4) is 0 Å². The highest BCUT2D eigenvalue weighted by Crippen LogP contribution is 2.32. The molecule has 0 spiro atoms. The van der Waals surface area contributed by atoms with Crippen molar-refractivity contribution in [2.45, 2.75) is 4.90 Å². The fraction of sp³-hybridized carbons (Fsp3) is 0.0909. The van der Waals surface area contributed by atoms with Gasteiger partial charge in [0.25, 0.3) is 15.9 Å². The molecule has 1 aliphatic rings. The Morgan fingerprint density at radius 1 is 1.03 bits per heavy atom. The summed E-state index contributed by atoms with van der Waals surface area (Å²) in [6, 6.07) is 19.3. The predicted molar refractivity (Wildman–Crippen MR) is 121 cm³/mol. The molecule has 10 heteroatoms. The lowest BCUT2D eigenvalue weighted by atomic mass is 10.2. The highest BCUT2D eigenvalue weighted by atomic mass is 35.5. The number of nitrogens with zero attached hydrogens (tertiary/aromatic N) is 2. The summed E-state index contributed by atoms with van der Waals surface area (Å²) in [4.78, 5) is 12.6. The highest BCUT2D eigenvalue weighted by molar-refractivity contribution is 7.92. The van der Waals surface area contributed by atoms with Gasteiger partial charge in [-0.05, 0) is 60.2 Å². The lowest BCUT2D eigenvalue weighted by molar-refractivity contribution is -0.119. The molecule has 164 valence electrons. The Bertz CT molecular complexity index is 1250. The minimum Gasteiger partial charge on any atom is -0.454 e. The second kappa shape index (κ2) is 9.29. The van der Waals surface area contributed by atoms with Crippen molar-refractivity contribution >= 4 is 39.4 Å². The number of carbonyl (C=O) groups excluding carboxylic acids is 1. The lowest BCUT2D eigenvalue weighted by Gasteiger charge is -2.23. The number of para-hydroxylation sites is 1. The van der Waals surface area contributed by atoms with Gasteiger partial charge in [0.15, 0.2) is 11.5 Å². The molecule has 1 aliphatic heterocycles. The topological polar surface area (TPSA) is 97.3 Å². The van der Waals surface area contributed by atoms with Gasteiger partial charge in [0, 0.05) is 5.02 Å². The van der Waals surface area contributed by atoms with Gasteiger partial charge in [-0.2, -0.15) is 5.10 Å². The summed E-state index contributed by atoms with van der Waals surface area (Å²) in [7, 11) is -4.02. The predicted octanol–water partition coefficient (Wildman–Crippen LogP) is 3.41. The van der Waals surface area contributed by atoms with Crippen LogP contribution in [0.4, 0.5) is 5.69 Å². The summed E-state index contributed by atoms with van der Waals surface area (Å²) in [5.41, 5.74) is 3.39. The minimum atomic E-state index is -4.02. The van der Waals surface area contributed by atoms with Crippen LogP contribution < -0.4 is 19.2 Å². The van der Waals surface area contributed by atoms with Crippen LogP contribution in [0.25, 0.3) is 0 Å². The molecule has 0 atom stereocenters. The Balaban J connectivity index is 1.51. The third-order valence-electron chi connectivity index (χ3n) is 4.53. The van der Waals surface area contributed by atoms with Crippen molar-refractivity contribution < 1.29 is 22.7 Å². The number of nitrogens with one attached hydrogen (secondary N) is 1. The van der Waals surface area contributed by atoms with Gasteiger partial charge in [0.05, 0.1) is 16.8 Å². The molecule has 0 unspecified atom stereocenters. The Morgan fingerprint density at radius 2 is 1.75 bits per heavy atom. The van der Waals surface area contributed by atoms with Gasteiger partial charge < -0.3 is 9.47 Å². The molecular weight excluding hydrogens is 454 g/mol. The average Bonchev–Trinajstić information content (AvgIpc) is 3.26. The molecule has 0 radical (unpaired) electrons. The maximum atomic E-state index is 13.2. The fourth-order valence-corrected chi connectivity index (χ4v) is 4.53. The SMILES string of the molecule is O=C(CN(c1ccccc1)S(=O)(=O)c1ccc(Cl)cc1)N/N=C\c1ccc2c(c1)OCO2. The maximum Gasteiger partial charge on any atom is 0.264 e. The first-order chi connectivity index (χ1) is 15.4. The first-order valence-electron chi connectivity index (χ1n) is 9.48. The Morgan fingerprint density at radius 3 is 2.50 bits per heavy atom.